The third kappa shape index (κ3) is 6.63. The fourth-order valence-corrected chi connectivity index (χ4v) is 0.637. The minimum absolute atomic E-state index is 0. The third-order valence-electron chi connectivity index (χ3n) is 1.23. The van der Waals surface area contributed by atoms with Crippen LogP contribution in [0.1, 0.15) is 6.92 Å². The van der Waals surface area contributed by atoms with E-state index < -0.39 is 30.9 Å². The van der Waals surface area contributed by atoms with E-state index in [0.29, 0.717) is 0 Å². The number of carbonyl (C=O) groups is 2. The van der Waals surface area contributed by atoms with Crippen LogP contribution in [-0.2, 0) is 19.1 Å². The molecule has 1 N–H and O–H groups in total. The Morgan fingerprint density at radius 2 is 1.87 bits per heavy atom. The minimum Gasteiger partial charge on any atom is -0.547 e. The van der Waals surface area contributed by atoms with Crippen LogP contribution < -0.4 is 10.2 Å². The van der Waals surface area contributed by atoms with Crippen LogP contribution in [0.4, 0.5) is 0 Å². The molecular weight excluding hydrogens is 220 g/mol. The van der Waals surface area contributed by atoms with Gasteiger partial charge in [0.2, 0.25) is 0 Å². The number of carboxylic acids is 2. The van der Waals surface area contributed by atoms with Gasteiger partial charge in [-0.05, 0) is 6.92 Å². The van der Waals surface area contributed by atoms with Crippen molar-refractivity contribution in [2.24, 2.45) is 0 Å². The average molecular weight is 230 g/mol. The molecule has 2 unspecified atom stereocenters. The van der Waals surface area contributed by atoms with E-state index in [4.69, 9.17) is 5.11 Å². The summed E-state index contributed by atoms with van der Waals surface area (Å²) in [6.07, 6.45) is -3.57. The number of hydrogen-bond donors (Lipinski definition) is 1. The van der Waals surface area contributed by atoms with E-state index in [2.05, 4.69) is 9.47 Å². The van der Waals surface area contributed by atoms with Gasteiger partial charge >= 0.3 is 23.1 Å². The van der Waals surface area contributed by atoms with E-state index in [1.54, 1.807) is 0 Å². The number of rotatable bonds is 7. The maximum Gasteiger partial charge on any atom is 2.00 e. The van der Waals surface area contributed by atoms with Gasteiger partial charge in [-0.15, -0.1) is 0 Å². The first kappa shape index (κ1) is 17.0. The van der Waals surface area contributed by atoms with Gasteiger partial charge in [-0.1, -0.05) is 0 Å². The second-order valence-corrected chi connectivity index (χ2v) is 2.23. The standard InChI is InChI=1S/C7H12O7.Mg/c1-2-13-7(6(11)12)14-4(3-8)5(9)10;/h4,7-8H,2-3H2,1H3,(H,9,10)(H,11,12);/q;+2/p-2. The summed E-state index contributed by atoms with van der Waals surface area (Å²) < 4.78 is 8.87. The summed E-state index contributed by atoms with van der Waals surface area (Å²) in [5.74, 6) is -3.44. The predicted molar refractivity (Wildman–Crippen MR) is 43.1 cm³/mol. The normalized spacial score (nSPS) is 13.7. The van der Waals surface area contributed by atoms with Gasteiger partial charge < -0.3 is 34.4 Å². The average Bonchev–Trinajstić information content (AvgIpc) is 2.11. The largest absolute Gasteiger partial charge is 2.00 e. The van der Waals surface area contributed by atoms with Crippen LogP contribution in [0.2, 0.25) is 0 Å². The fraction of sp³-hybridized carbons (Fsp3) is 0.714. The van der Waals surface area contributed by atoms with Gasteiger partial charge in [0.1, 0.15) is 6.10 Å². The van der Waals surface area contributed by atoms with E-state index in [9.17, 15) is 19.8 Å². The summed E-state index contributed by atoms with van der Waals surface area (Å²) in [6, 6.07) is 0. The Morgan fingerprint density at radius 3 is 2.13 bits per heavy atom. The second kappa shape index (κ2) is 8.86. The first-order chi connectivity index (χ1) is 6.52. The Kier molecular flexibility index (Phi) is 10.0. The number of aliphatic carboxylic acids is 2. The molecule has 0 amide bonds. The van der Waals surface area contributed by atoms with Crippen LogP contribution in [0.15, 0.2) is 0 Å². The molecule has 7 nitrogen and oxygen atoms in total. The predicted octanol–water partition coefficient (Wildman–Crippen LogP) is -4.15. The molecule has 0 spiro atoms. The molecule has 82 valence electrons. The third-order valence-corrected chi connectivity index (χ3v) is 1.23. The molecule has 0 radical (unpaired) electrons. The SMILES string of the molecule is CCOC(OC(CO)C(=O)[O-])C(=O)[O-].[Mg+2]. The van der Waals surface area contributed by atoms with Crippen LogP contribution in [0.3, 0.4) is 0 Å². The molecule has 0 aromatic heterocycles. The van der Waals surface area contributed by atoms with Crippen molar-refractivity contribution in [1.29, 1.82) is 0 Å². The Bertz CT molecular complexity index is 208. The molecule has 0 aliphatic carbocycles. The maximum absolute atomic E-state index is 10.3. The zero-order valence-electron chi connectivity index (χ0n) is 8.17. The van der Waals surface area contributed by atoms with Crippen molar-refractivity contribution in [3.63, 3.8) is 0 Å². The Labute approximate surface area is 102 Å². The van der Waals surface area contributed by atoms with Gasteiger partial charge in [0.05, 0.1) is 18.5 Å². The zero-order valence-corrected chi connectivity index (χ0v) is 9.59. The summed E-state index contributed by atoms with van der Waals surface area (Å²) in [5.41, 5.74) is 0. The van der Waals surface area contributed by atoms with E-state index in [-0.39, 0.29) is 29.7 Å². The van der Waals surface area contributed by atoms with Crippen LogP contribution in [0, 0.1) is 0 Å². The number of carboxylic acid groups (broad SMARTS) is 2. The number of aliphatic hydroxyl groups excluding tert-OH is 1. The molecule has 0 aromatic carbocycles. The van der Waals surface area contributed by atoms with Gasteiger partial charge in [-0.3, -0.25) is 0 Å². The van der Waals surface area contributed by atoms with Crippen molar-refractivity contribution < 1.29 is 34.4 Å². The molecule has 0 fully saturated rings. The van der Waals surface area contributed by atoms with Gasteiger partial charge in [0, 0.05) is 6.61 Å². The molecule has 0 heterocycles. The van der Waals surface area contributed by atoms with Gasteiger partial charge in [-0.25, -0.2) is 0 Å². The van der Waals surface area contributed by atoms with Gasteiger partial charge in [0.15, 0.2) is 6.29 Å². The Morgan fingerprint density at radius 1 is 1.33 bits per heavy atom. The second-order valence-electron chi connectivity index (χ2n) is 2.23. The smallest absolute Gasteiger partial charge is 0.547 e. The Balaban J connectivity index is 0. The molecule has 0 rings (SSSR count). The number of aliphatic hydroxyl groups is 1. The van der Waals surface area contributed by atoms with Crippen molar-refractivity contribution in [2.45, 2.75) is 19.3 Å². The summed E-state index contributed by atoms with van der Waals surface area (Å²) in [6.45, 7) is 0.593. The van der Waals surface area contributed by atoms with E-state index in [1.165, 1.54) is 6.92 Å². The molecule has 0 bridgehead atoms. The van der Waals surface area contributed by atoms with Crippen molar-refractivity contribution in [1.82, 2.24) is 0 Å². The molecule has 15 heavy (non-hydrogen) atoms. The zero-order chi connectivity index (χ0) is 11.1. The molecule has 0 aliphatic heterocycles. The quantitative estimate of drug-likeness (QED) is 0.348. The topological polar surface area (TPSA) is 119 Å². The Hall–Kier alpha value is -0.414. The van der Waals surface area contributed by atoms with Crippen LogP contribution in [0.25, 0.3) is 0 Å². The summed E-state index contributed by atoms with van der Waals surface area (Å²) in [4.78, 5) is 20.5. The van der Waals surface area contributed by atoms with Crippen molar-refractivity contribution >= 4 is 35.0 Å². The first-order valence-electron chi connectivity index (χ1n) is 3.82. The summed E-state index contributed by atoms with van der Waals surface area (Å²) in [5, 5.41) is 29.0. The summed E-state index contributed by atoms with van der Waals surface area (Å²) in [7, 11) is 0. The first-order valence-corrected chi connectivity index (χ1v) is 3.82. The molecule has 0 saturated heterocycles. The molecule has 0 aromatic rings. The number of ether oxygens (including phenoxy) is 2. The molecule has 0 saturated carbocycles. The fourth-order valence-electron chi connectivity index (χ4n) is 0.637. The molecular formula is C7H10MgO7. The van der Waals surface area contributed by atoms with Crippen molar-refractivity contribution in [2.75, 3.05) is 13.2 Å². The van der Waals surface area contributed by atoms with Crippen molar-refractivity contribution in [3.05, 3.63) is 0 Å². The van der Waals surface area contributed by atoms with Crippen LogP contribution in [-0.4, -0.2) is 65.7 Å². The van der Waals surface area contributed by atoms with E-state index in [0.717, 1.165) is 0 Å². The summed E-state index contributed by atoms with van der Waals surface area (Å²) >= 11 is 0. The number of carbonyl (C=O) groups excluding carboxylic acids is 2. The van der Waals surface area contributed by atoms with Gasteiger partial charge in [0.25, 0.3) is 0 Å². The van der Waals surface area contributed by atoms with E-state index >= 15 is 0 Å². The van der Waals surface area contributed by atoms with Crippen LogP contribution >= 0.6 is 0 Å². The molecule has 8 heteroatoms. The van der Waals surface area contributed by atoms with Crippen LogP contribution in [0.5, 0.6) is 0 Å². The molecule has 2 atom stereocenters. The minimum atomic E-state index is -1.82. The molecule has 0 aliphatic rings. The monoisotopic (exact) mass is 230 g/mol. The van der Waals surface area contributed by atoms with E-state index in [1.807, 2.05) is 0 Å². The van der Waals surface area contributed by atoms with Crippen molar-refractivity contribution in [3.8, 4) is 0 Å². The maximum atomic E-state index is 10.3. The van der Waals surface area contributed by atoms with Gasteiger partial charge in [-0.2, -0.15) is 0 Å². The number of hydrogen-bond acceptors (Lipinski definition) is 7.